The summed E-state index contributed by atoms with van der Waals surface area (Å²) in [5.41, 5.74) is 1.25. The maximum absolute atomic E-state index is 11.4. The van der Waals surface area contributed by atoms with Crippen molar-refractivity contribution >= 4 is 23.2 Å². The van der Waals surface area contributed by atoms with E-state index in [1.807, 2.05) is 0 Å². The van der Waals surface area contributed by atoms with Crippen molar-refractivity contribution < 1.29 is 14.7 Å². The van der Waals surface area contributed by atoms with Crippen molar-refractivity contribution in [2.75, 3.05) is 5.32 Å². The summed E-state index contributed by atoms with van der Waals surface area (Å²) in [5, 5.41) is 18.6. The number of anilines is 1. The minimum Gasteiger partial charge on any atom is -0.481 e. The van der Waals surface area contributed by atoms with Crippen LogP contribution in [0.1, 0.15) is 12.8 Å². The number of carbonyl (C=O) groups is 2. The fourth-order valence-corrected chi connectivity index (χ4v) is 1.35. The zero-order valence-corrected chi connectivity index (χ0v) is 8.83. The molecule has 88 valence electrons. The van der Waals surface area contributed by atoms with E-state index in [0.717, 1.165) is 0 Å². The van der Waals surface area contributed by atoms with Crippen LogP contribution in [-0.2, 0) is 9.59 Å². The highest BCUT2D eigenvalue weighted by atomic mass is 16.4. The molecule has 2 N–H and O–H groups in total. The minimum atomic E-state index is -0.991. The lowest BCUT2D eigenvalue weighted by molar-refractivity contribution is -0.138. The first kappa shape index (κ1) is 11.1. The summed E-state index contributed by atoms with van der Waals surface area (Å²) in [7, 11) is 0. The van der Waals surface area contributed by atoms with E-state index in [9.17, 15) is 9.59 Å². The minimum absolute atomic E-state index is 0.0461. The molecule has 0 saturated heterocycles. The zero-order valence-electron chi connectivity index (χ0n) is 8.83. The lowest BCUT2D eigenvalue weighted by atomic mass is 10.3. The summed E-state index contributed by atoms with van der Waals surface area (Å²) in [6, 6.07) is 3.39. The smallest absolute Gasteiger partial charge is 0.303 e. The van der Waals surface area contributed by atoms with Gasteiger partial charge in [-0.15, -0.1) is 10.2 Å². The molecule has 0 aliphatic heterocycles. The Morgan fingerprint density at radius 1 is 1.35 bits per heavy atom. The number of carboxylic acids is 1. The van der Waals surface area contributed by atoms with Crippen LogP contribution in [0.5, 0.6) is 0 Å². The standard InChI is InChI=1S/C10H10N4O3/c15-9(3-4-10(16)17)12-7-1-2-8-13-11-6-14(8)5-7/h1-2,5-6H,3-4H2,(H,12,15)(H,16,17). The number of rotatable bonds is 4. The Bertz CT molecular complexity index is 563. The number of carboxylic acid groups (broad SMARTS) is 1. The van der Waals surface area contributed by atoms with Gasteiger partial charge in [-0.05, 0) is 12.1 Å². The largest absolute Gasteiger partial charge is 0.481 e. The summed E-state index contributed by atoms with van der Waals surface area (Å²) in [6.45, 7) is 0. The van der Waals surface area contributed by atoms with E-state index in [0.29, 0.717) is 11.3 Å². The van der Waals surface area contributed by atoms with Crippen molar-refractivity contribution in [3.8, 4) is 0 Å². The molecule has 0 saturated carbocycles. The van der Waals surface area contributed by atoms with Crippen molar-refractivity contribution in [3.63, 3.8) is 0 Å². The van der Waals surface area contributed by atoms with Crippen LogP contribution >= 0.6 is 0 Å². The molecule has 7 nitrogen and oxygen atoms in total. The van der Waals surface area contributed by atoms with E-state index in [2.05, 4.69) is 15.5 Å². The molecule has 0 unspecified atom stereocenters. The van der Waals surface area contributed by atoms with Crippen LogP contribution in [0.25, 0.3) is 5.65 Å². The van der Waals surface area contributed by atoms with Crippen LogP contribution < -0.4 is 5.32 Å². The molecule has 0 aromatic carbocycles. The summed E-state index contributed by atoms with van der Waals surface area (Å²) in [6.07, 6.45) is 2.95. The third kappa shape index (κ3) is 2.77. The number of fused-ring (bicyclic) bond motifs is 1. The second-order valence-corrected chi connectivity index (χ2v) is 3.46. The second-order valence-electron chi connectivity index (χ2n) is 3.46. The van der Waals surface area contributed by atoms with Crippen LogP contribution in [0.3, 0.4) is 0 Å². The fraction of sp³-hybridized carbons (Fsp3) is 0.200. The lowest BCUT2D eigenvalue weighted by Gasteiger charge is -2.04. The number of amides is 1. The Labute approximate surface area is 96.1 Å². The number of pyridine rings is 1. The molecule has 0 aliphatic rings. The molecule has 0 spiro atoms. The second kappa shape index (κ2) is 4.60. The molecule has 2 aromatic rings. The van der Waals surface area contributed by atoms with Gasteiger partial charge in [0.15, 0.2) is 5.65 Å². The van der Waals surface area contributed by atoms with Crippen molar-refractivity contribution in [2.24, 2.45) is 0 Å². The molecule has 2 rings (SSSR count). The van der Waals surface area contributed by atoms with Crippen LogP contribution in [0.2, 0.25) is 0 Å². The van der Waals surface area contributed by atoms with E-state index in [4.69, 9.17) is 5.11 Å². The van der Waals surface area contributed by atoms with E-state index in [1.54, 1.807) is 22.7 Å². The molecule has 0 radical (unpaired) electrons. The zero-order chi connectivity index (χ0) is 12.3. The maximum Gasteiger partial charge on any atom is 0.303 e. The Morgan fingerprint density at radius 3 is 2.94 bits per heavy atom. The number of aliphatic carboxylic acids is 1. The Balaban J connectivity index is 2.02. The predicted octanol–water partition coefficient (Wildman–Crippen LogP) is 0.533. The van der Waals surface area contributed by atoms with Gasteiger partial charge >= 0.3 is 5.97 Å². The molecule has 0 aliphatic carbocycles. The van der Waals surface area contributed by atoms with Gasteiger partial charge in [0, 0.05) is 12.6 Å². The third-order valence-electron chi connectivity index (χ3n) is 2.14. The lowest BCUT2D eigenvalue weighted by Crippen LogP contribution is -2.13. The number of nitrogens with one attached hydrogen (secondary N) is 1. The molecule has 1 amide bonds. The first-order chi connectivity index (χ1) is 8.15. The average Bonchev–Trinajstić information content (AvgIpc) is 2.73. The topological polar surface area (TPSA) is 96.6 Å². The van der Waals surface area contributed by atoms with Gasteiger partial charge in [-0.2, -0.15) is 0 Å². The molecule has 0 atom stereocenters. The Morgan fingerprint density at radius 2 is 2.18 bits per heavy atom. The Kier molecular flexibility index (Phi) is 2.99. The molecule has 0 bridgehead atoms. The highest BCUT2D eigenvalue weighted by Crippen LogP contribution is 2.09. The summed E-state index contributed by atoms with van der Waals surface area (Å²) < 4.78 is 1.66. The SMILES string of the molecule is O=C(O)CCC(=O)Nc1ccc2nncn2c1. The van der Waals surface area contributed by atoms with Gasteiger partial charge in [0.05, 0.1) is 12.1 Å². The summed E-state index contributed by atoms with van der Waals surface area (Å²) >= 11 is 0. The van der Waals surface area contributed by atoms with E-state index in [-0.39, 0.29) is 18.7 Å². The van der Waals surface area contributed by atoms with E-state index in [1.165, 1.54) is 6.33 Å². The summed E-state index contributed by atoms with van der Waals surface area (Å²) in [5.74, 6) is -1.32. The first-order valence-electron chi connectivity index (χ1n) is 4.96. The van der Waals surface area contributed by atoms with Crippen molar-refractivity contribution in [1.82, 2.24) is 14.6 Å². The van der Waals surface area contributed by atoms with Crippen molar-refractivity contribution in [3.05, 3.63) is 24.7 Å². The number of hydrogen-bond acceptors (Lipinski definition) is 4. The Hall–Kier alpha value is -2.44. The first-order valence-corrected chi connectivity index (χ1v) is 4.96. The molecule has 17 heavy (non-hydrogen) atoms. The number of hydrogen-bond donors (Lipinski definition) is 2. The van der Waals surface area contributed by atoms with Gasteiger partial charge in [-0.1, -0.05) is 0 Å². The molecule has 0 fully saturated rings. The van der Waals surface area contributed by atoms with Crippen molar-refractivity contribution in [1.29, 1.82) is 0 Å². The van der Waals surface area contributed by atoms with E-state index < -0.39 is 5.97 Å². The van der Waals surface area contributed by atoms with Gasteiger partial charge in [0.25, 0.3) is 0 Å². The fourth-order valence-electron chi connectivity index (χ4n) is 1.35. The predicted molar refractivity (Wildman–Crippen MR) is 58.5 cm³/mol. The maximum atomic E-state index is 11.4. The average molecular weight is 234 g/mol. The molecular weight excluding hydrogens is 224 g/mol. The highest BCUT2D eigenvalue weighted by molar-refractivity contribution is 5.92. The molecule has 2 heterocycles. The number of nitrogens with zero attached hydrogens (tertiary/aromatic N) is 3. The third-order valence-corrected chi connectivity index (χ3v) is 2.14. The van der Waals surface area contributed by atoms with Crippen LogP contribution in [0, 0.1) is 0 Å². The van der Waals surface area contributed by atoms with Crippen LogP contribution in [0.15, 0.2) is 24.7 Å². The quantitative estimate of drug-likeness (QED) is 0.804. The normalized spacial score (nSPS) is 10.4. The molecule has 2 aromatic heterocycles. The molecular formula is C10H10N4O3. The van der Waals surface area contributed by atoms with E-state index >= 15 is 0 Å². The summed E-state index contributed by atoms with van der Waals surface area (Å²) in [4.78, 5) is 21.7. The number of carbonyl (C=O) groups excluding carboxylic acids is 1. The number of aromatic nitrogens is 3. The van der Waals surface area contributed by atoms with Gasteiger partial charge < -0.3 is 10.4 Å². The van der Waals surface area contributed by atoms with Gasteiger partial charge in [0.2, 0.25) is 5.91 Å². The van der Waals surface area contributed by atoms with Crippen LogP contribution in [-0.4, -0.2) is 31.6 Å². The highest BCUT2D eigenvalue weighted by Gasteiger charge is 2.06. The van der Waals surface area contributed by atoms with Gasteiger partial charge in [0.1, 0.15) is 6.33 Å². The molecule has 7 heteroatoms. The van der Waals surface area contributed by atoms with Crippen molar-refractivity contribution in [2.45, 2.75) is 12.8 Å². The van der Waals surface area contributed by atoms with Gasteiger partial charge in [-0.3, -0.25) is 14.0 Å². The monoisotopic (exact) mass is 234 g/mol. The van der Waals surface area contributed by atoms with Gasteiger partial charge in [-0.25, -0.2) is 0 Å². The van der Waals surface area contributed by atoms with Crippen LogP contribution in [0.4, 0.5) is 5.69 Å².